The lowest BCUT2D eigenvalue weighted by Gasteiger charge is -2.10. The SMILES string of the molecule is COc1ccccc1-n1ncc(C(=O)Nc2ccc(Cl)cc2F)c1N. The van der Waals surface area contributed by atoms with E-state index in [1.165, 1.54) is 30.1 Å². The second-order valence-corrected chi connectivity index (χ2v) is 5.54. The first kappa shape index (κ1) is 16.8. The van der Waals surface area contributed by atoms with Crippen molar-refractivity contribution in [3.63, 3.8) is 0 Å². The summed E-state index contributed by atoms with van der Waals surface area (Å²) in [6.45, 7) is 0. The van der Waals surface area contributed by atoms with Crippen LogP contribution in [0.5, 0.6) is 5.75 Å². The topological polar surface area (TPSA) is 82.2 Å². The summed E-state index contributed by atoms with van der Waals surface area (Å²) in [6.07, 6.45) is 1.31. The van der Waals surface area contributed by atoms with Gasteiger partial charge in [-0.3, -0.25) is 4.79 Å². The molecule has 0 saturated carbocycles. The predicted octanol–water partition coefficient (Wildman–Crippen LogP) is 3.51. The molecule has 0 aliphatic rings. The molecule has 8 heteroatoms. The molecule has 0 atom stereocenters. The van der Waals surface area contributed by atoms with E-state index in [1.807, 2.05) is 0 Å². The van der Waals surface area contributed by atoms with E-state index in [-0.39, 0.29) is 22.1 Å². The Morgan fingerprint density at radius 3 is 2.80 bits per heavy atom. The van der Waals surface area contributed by atoms with Gasteiger partial charge in [0.1, 0.15) is 28.6 Å². The zero-order valence-corrected chi connectivity index (χ0v) is 13.9. The van der Waals surface area contributed by atoms with Gasteiger partial charge in [-0.15, -0.1) is 0 Å². The van der Waals surface area contributed by atoms with Gasteiger partial charge in [0.05, 0.1) is 19.0 Å². The third kappa shape index (κ3) is 3.27. The number of aromatic nitrogens is 2. The van der Waals surface area contributed by atoms with Gasteiger partial charge in [0.2, 0.25) is 0 Å². The van der Waals surface area contributed by atoms with Crippen LogP contribution >= 0.6 is 11.6 Å². The van der Waals surface area contributed by atoms with E-state index < -0.39 is 11.7 Å². The second-order valence-electron chi connectivity index (χ2n) is 5.11. The Morgan fingerprint density at radius 1 is 1.32 bits per heavy atom. The first-order valence-corrected chi connectivity index (χ1v) is 7.62. The highest BCUT2D eigenvalue weighted by atomic mass is 35.5. The number of amides is 1. The summed E-state index contributed by atoms with van der Waals surface area (Å²) >= 11 is 5.70. The molecule has 3 aromatic rings. The molecule has 0 aliphatic carbocycles. The van der Waals surface area contributed by atoms with Gasteiger partial charge >= 0.3 is 0 Å². The highest BCUT2D eigenvalue weighted by Gasteiger charge is 2.19. The van der Waals surface area contributed by atoms with E-state index in [1.54, 1.807) is 24.3 Å². The third-order valence-electron chi connectivity index (χ3n) is 3.54. The summed E-state index contributed by atoms with van der Waals surface area (Å²) in [6, 6.07) is 11.1. The van der Waals surface area contributed by atoms with Crippen LogP contribution in [0.2, 0.25) is 5.02 Å². The van der Waals surface area contributed by atoms with Crippen LogP contribution in [0.25, 0.3) is 5.69 Å². The number of halogens is 2. The molecule has 0 fully saturated rings. The summed E-state index contributed by atoms with van der Waals surface area (Å²) in [5.74, 6) is -0.569. The molecule has 0 radical (unpaired) electrons. The van der Waals surface area contributed by atoms with Crippen molar-refractivity contribution in [2.45, 2.75) is 0 Å². The van der Waals surface area contributed by atoms with Gasteiger partial charge in [0.25, 0.3) is 5.91 Å². The number of methoxy groups -OCH3 is 1. The van der Waals surface area contributed by atoms with Crippen molar-refractivity contribution in [2.24, 2.45) is 0 Å². The van der Waals surface area contributed by atoms with Crippen molar-refractivity contribution in [2.75, 3.05) is 18.2 Å². The van der Waals surface area contributed by atoms with Crippen LogP contribution in [0.3, 0.4) is 0 Å². The first-order valence-electron chi connectivity index (χ1n) is 7.24. The van der Waals surface area contributed by atoms with Crippen LogP contribution in [-0.2, 0) is 0 Å². The molecule has 1 heterocycles. The van der Waals surface area contributed by atoms with Crippen LogP contribution in [-0.4, -0.2) is 22.8 Å². The number of carbonyl (C=O) groups is 1. The Kier molecular flexibility index (Phi) is 4.58. The van der Waals surface area contributed by atoms with E-state index in [9.17, 15) is 9.18 Å². The Labute approximate surface area is 148 Å². The highest BCUT2D eigenvalue weighted by molar-refractivity contribution is 6.30. The fourth-order valence-corrected chi connectivity index (χ4v) is 2.47. The Balaban J connectivity index is 1.91. The van der Waals surface area contributed by atoms with E-state index in [0.29, 0.717) is 11.4 Å². The Bertz CT molecular complexity index is 942. The Hall–Kier alpha value is -3.06. The van der Waals surface area contributed by atoms with Gasteiger partial charge in [0, 0.05) is 5.02 Å². The number of hydrogen-bond donors (Lipinski definition) is 2. The van der Waals surface area contributed by atoms with Crippen LogP contribution < -0.4 is 15.8 Å². The lowest BCUT2D eigenvalue weighted by molar-refractivity contribution is 0.102. The first-order chi connectivity index (χ1) is 12.0. The van der Waals surface area contributed by atoms with Gasteiger partial charge in [-0.25, -0.2) is 9.07 Å². The number of carbonyl (C=O) groups excluding carboxylic acids is 1. The molecule has 2 aromatic carbocycles. The maximum atomic E-state index is 13.8. The monoisotopic (exact) mass is 360 g/mol. The maximum Gasteiger partial charge on any atom is 0.261 e. The number of para-hydroxylation sites is 2. The van der Waals surface area contributed by atoms with Crippen LogP contribution in [0.15, 0.2) is 48.7 Å². The summed E-state index contributed by atoms with van der Waals surface area (Å²) in [4.78, 5) is 12.4. The molecule has 1 amide bonds. The van der Waals surface area contributed by atoms with Gasteiger partial charge in [0.15, 0.2) is 0 Å². The molecule has 6 nitrogen and oxygen atoms in total. The number of rotatable bonds is 4. The van der Waals surface area contributed by atoms with Crippen molar-refractivity contribution in [1.29, 1.82) is 0 Å². The van der Waals surface area contributed by atoms with E-state index in [4.69, 9.17) is 22.1 Å². The average Bonchev–Trinajstić information content (AvgIpc) is 2.98. The molecule has 0 unspecified atom stereocenters. The van der Waals surface area contributed by atoms with Crippen molar-refractivity contribution in [3.8, 4) is 11.4 Å². The minimum Gasteiger partial charge on any atom is -0.494 e. The fourth-order valence-electron chi connectivity index (χ4n) is 2.31. The summed E-state index contributed by atoms with van der Waals surface area (Å²) in [7, 11) is 1.52. The molecular formula is C17H14ClFN4O2. The number of ether oxygens (including phenoxy) is 1. The maximum absolute atomic E-state index is 13.8. The number of hydrogen-bond acceptors (Lipinski definition) is 4. The zero-order valence-electron chi connectivity index (χ0n) is 13.2. The average molecular weight is 361 g/mol. The van der Waals surface area contributed by atoms with Crippen molar-refractivity contribution in [3.05, 3.63) is 65.1 Å². The quantitative estimate of drug-likeness (QED) is 0.746. The van der Waals surface area contributed by atoms with Crippen molar-refractivity contribution >= 4 is 29.0 Å². The molecule has 0 bridgehead atoms. The summed E-state index contributed by atoms with van der Waals surface area (Å²) in [5, 5.41) is 6.82. The number of anilines is 2. The Morgan fingerprint density at radius 2 is 2.08 bits per heavy atom. The van der Waals surface area contributed by atoms with Crippen molar-refractivity contribution < 1.29 is 13.9 Å². The van der Waals surface area contributed by atoms with Gasteiger partial charge in [-0.05, 0) is 30.3 Å². The van der Waals surface area contributed by atoms with Gasteiger partial charge in [-0.1, -0.05) is 23.7 Å². The molecular weight excluding hydrogens is 347 g/mol. The van der Waals surface area contributed by atoms with Crippen molar-refractivity contribution in [1.82, 2.24) is 9.78 Å². The number of nitrogens with one attached hydrogen (secondary N) is 1. The molecule has 0 spiro atoms. The van der Waals surface area contributed by atoms with E-state index >= 15 is 0 Å². The summed E-state index contributed by atoms with van der Waals surface area (Å²) in [5.41, 5.74) is 6.74. The summed E-state index contributed by atoms with van der Waals surface area (Å²) < 4.78 is 20.5. The molecule has 0 aliphatic heterocycles. The minimum atomic E-state index is -0.642. The minimum absolute atomic E-state index is 0.00107. The van der Waals surface area contributed by atoms with Crippen LogP contribution in [0.1, 0.15) is 10.4 Å². The van der Waals surface area contributed by atoms with Crippen LogP contribution in [0.4, 0.5) is 15.9 Å². The number of nitrogens with zero attached hydrogens (tertiary/aromatic N) is 2. The highest BCUT2D eigenvalue weighted by Crippen LogP contribution is 2.26. The largest absolute Gasteiger partial charge is 0.494 e. The smallest absolute Gasteiger partial charge is 0.261 e. The number of benzene rings is 2. The molecule has 3 rings (SSSR count). The van der Waals surface area contributed by atoms with Gasteiger partial charge < -0.3 is 15.8 Å². The second kappa shape index (κ2) is 6.82. The zero-order chi connectivity index (χ0) is 18.0. The normalized spacial score (nSPS) is 10.5. The van der Waals surface area contributed by atoms with E-state index in [0.717, 1.165) is 6.07 Å². The lowest BCUT2D eigenvalue weighted by Crippen LogP contribution is -2.15. The molecule has 3 N–H and O–H groups in total. The lowest BCUT2D eigenvalue weighted by atomic mass is 10.2. The standard InChI is InChI=1S/C17H14ClFN4O2/c1-25-15-5-3-2-4-14(15)23-16(20)11(9-21-23)17(24)22-13-7-6-10(18)8-12(13)19/h2-9H,20H2,1H3,(H,22,24). The van der Waals surface area contributed by atoms with Gasteiger partial charge in [-0.2, -0.15) is 5.10 Å². The fraction of sp³-hybridized carbons (Fsp3) is 0.0588. The van der Waals surface area contributed by atoms with Crippen LogP contribution in [0, 0.1) is 5.82 Å². The third-order valence-corrected chi connectivity index (χ3v) is 3.78. The molecule has 1 aromatic heterocycles. The number of nitrogens with two attached hydrogens (primary N) is 1. The van der Waals surface area contributed by atoms with E-state index in [2.05, 4.69) is 10.4 Å². The molecule has 0 saturated heterocycles. The number of nitrogen functional groups attached to an aromatic ring is 1. The predicted molar refractivity (Wildman–Crippen MR) is 93.9 cm³/mol. The molecule has 128 valence electrons. The molecule has 25 heavy (non-hydrogen) atoms.